The molecule has 0 N–H and O–H groups in total. The Morgan fingerprint density at radius 1 is 1.12 bits per heavy atom. The molecule has 7 nitrogen and oxygen atoms in total. The van der Waals surface area contributed by atoms with Crippen molar-refractivity contribution in [1.82, 2.24) is 9.88 Å². The fourth-order valence-electron chi connectivity index (χ4n) is 3.18. The van der Waals surface area contributed by atoms with Crippen LogP contribution in [0.5, 0.6) is 17.2 Å². The van der Waals surface area contributed by atoms with Crippen molar-refractivity contribution >= 4 is 17.4 Å². The van der Waals surface area contributed by atoms with Crippen molar-refractivity contribution < 1.29 is 14.2 Å². The number of hydrogen-bond donors (Lipinski definition) is 0. The molecular weight excluding hydrogens is 332 g/mol. The number of benzene rings is 1. The molecule has 0 unspecified atom stereocenters. The molecule has 0 atom stereocenters. The Balaban J connectivity index is 1.96. The summed E-state index contributed by atoms with van der Waals surface area (Å²) in [5, 5.41) is 0. The number of nitrogens with zero attached hydrogens (tertiary/aromatic N) is 4. The second-order valence-corrected chi connectivity index (χ2v) is 5.62. The maximum Gasteiger partial charge on any atom is 0.187 e. The molecule has 0 spiro atoms. The van der Waals surface area contributed by atoms with Crippen LogP contribution in [-0.4, -0.2) is 48.9 Å². The van der Waals surface area contributed by atoms with Crippen LogP contribution in [0.25, 0.3) is 0 Å². The van der Waals surface area contributed by atoms with Crippen LogP contribution in [-0.2, 0) is 0 Å². The Morgan fingerprint density at radius 2 is 2.00 bits per heavy atom. The van der Waals surface area contributed by atoms with Crippen LogP contribution in [0.15, 0.2) is 53.3 Å². The first kappa shape index (κ1) is 16.1. The number of hydrogen-bond acceptors (Lipinski definition) is 7. The van der Waals surface area contributed by atoms with Crippen LogP contribution < -0.4 is 14.2 Å². The smallest absolute Gasteiger partial charge is 0.187 e. The van der Waals surface area contributed by atoms with Gasteiger partial charge in [-0.25, -0.2) is 9.98 Å². The first-order valence-electron chi connectivity index (χ1n) is 8.17. The first-order chi connectivity index (χ1) is 12.8. The summed E-state index contributed by atoms with van der Waals surface area (Å²) >= 11 is 0. The highest BCUT2D eigenvalue weighted by Crippen LogP contribution is 2.44. The Hall–Kier alpha value is -3.35. The van der Waals surface area contributed by atoms with Gasteiger partial charge in [0, 0.05) is 18.3 Å². The van der Waals surface area contributed by atoms with Gasteiger partial charge in [-0.2, -0.15) is 0 Å². The van der Waals surface area contributed by atoms with Crippen molar-refractivity contribution in [2.24, 2.45) is 9.98 Å². The maximum absolute atomic E-state index is 5.57. The van der Waals surface area contributed by atoms with Gasteiger partial charge in [-0.05, 0) is 24.3 Å². The molecule has 7 heteroatoms. The lowest BCUT2D eigenvalue weighted by Gasteiger charge is -2.28. The number of amidine groups is 2. The van der Waals surface area contributed by atoms with Gasteiger partial charge < -0.3 is 19.1 Å². The van der Waals surface area contributed by atoms with Crippen molar-refractivity contribution in [1.29, 1.82) is 0 Å². The number of pyridine rings is 1. The lowest BCUT2D eigenvalue weighted by Crippen LogP contribution is -2.38. The zero-order valence-electron chi connectivity index (χ0n) is 14.6. The first-order valence-corrected chi connectivity index (χ1v) is 8.17. The summed E-state index contributed by atoms with van der Waals surface area (Å²) in [4.78, 5) is 16.0. The summed E-state index contributed by atoms with van der Waals surface area (Å²) < 4.78 is 16.5. The predicted octanol–water partition coefficient (Wildman–Crippen LogP) is 2.78. The highest BCUT2D eigenvalue weighted by molar-refractivity contribution is 6.21. The quantitative estimate of drug-likeness (QED) is 0.776. The van der Waals surface area contributed by atoms with Crippen molar-refractivity contribution in [2.75, 3.05) is 27.3 Å². The molecule has 0 amide bonds. The van der Waals surface area contributed by atoms with E-state index < -0.39 is 0 Å². The summed E-state index contributed by atoms with van der Waals surface area (Å²) in [5.41, 5.74) is 2.21. The Kier molecular flexibility index (Phi) is 4.04. The molecule has 4 rings (SSSR count). The van der Waals surface area contributed by atoms with Crippen LogP contribution in [0.3, 0.4) is 0 Å². The van der Waals surface area contributed by atoms with Crippen LogP contribution >= 0.6 is 0 Å². The number of rotatable bonds is 5. The zero-order chi connectivity index (χ0) is 18.1. The third kappa shape index (κ3) is 2.40. The van der Waals surface area contributed by atoms with Gasteiger partial charge in [0.2, 0.25) is 0 Å². The summed E-state index contributed by atoms with van der Waals surface area (Å²) in [6.45, 7) is 5.05. The van der Waals surface area contributed by atoms with Crippen molar-refractivity contribution in [3.05, 3.63) is 54.6 Å². The molecule has 0 saturated carbocycles. The lowest BCUT2D eigenvalue weighted by molar-refractivity contribution is 0.355. The van der Waals surface area contributed by atoms with E-state index in [2.05, 4.69) is 16.6 Å². The van der Waals surface area contributed by atoms with E-state index in [-0.39, 0.29) is 0 Å². The molecular formula is C19H18N4O3. The second-order valence-electron chi connectivity index (χ2n) is 5.62. The number of ether oxygens (including phenoxy) is 3. The third-order valence-electron chi connectivity index (χ3n) is 4.27. The van der Waals surface area contributed by atoms with E-state index >= 15 is 0 Å². The van der Waals surface area contributed by atoms with Gasteiger partial charge in [-0.3, -0.25) is 4.99 Å². The van der Waals surface area contributed by atoms with Crippen molar-refractivity contribution in [3.63, 3.8) is 0 Å². The topological polar surface area (TPSA) is 68.5 Å². The van der Waals surface area contributed by atoms with Gasteiger partial charge in [0.05, 0.1) is 27.0 Å². The maximum atomic E-state index is 5.57. The lowest BCUT2D eigenvalue weighted by atomic mass is 10.1. The van der Waals surface area contributed by atoms with E-state index in [0.29, 0.717) is 41.0 Å². The van der Waals surface area contributed by atoms with E-state index in [1.54, 1.807) is 20.4 Å². The van der Waals surface area contributed by atoms with Crippen LogP contribution in [0.1, 0.15) is 11.3 Å². The number of fused-ring (bicyclic) bond motifs is 3. The molecule has 26 heavy (non-hydrogen) atoms. The number of methoxy groups -OCH3 is 2. The normalized spacial score (nSPS) is 14.8. The van der Waals surface area contributed by atoms with E-state index in [1.165, 1.54) is 6.26 Å². The minimum Gasteiger partial charge on any atom is -0.493 e. The number of aromatic nitrogens is 1. The molecule has 0 aliphatic carbocycles. The standard InChI is InChI=1S/C19H18N4O3/c1-4-26-13-6-5-9-20-16(13)19-22-15-12(18-21-10-11-23(18)19)7-8-14(24-2)17(15)25-3/h4-9H,1,10-11H2,2-3H3. The van der Waals surface area contributed by atoms with Crippen LogP contribution in [0.4, 0.5) is 5.69 Å². The highest BCUT2D eigenvalue weighted by Gasteiger charge is 2.34. The van der Waals surface area contributed by atoms with E-state index in [1.807, 2.05) is 29.2 Å². The Bertz CT molecular complexity index is 936. The molecule has 2 aromatic rings. The summed E-state index contributed by atoms with van der Waals surface area (Å²) in [6.07, 6.45) is 3.08. The molecule has 0 saturated heterocycles. The van der Waals surface area contributed by atoms with Crippen molar-refractivity contribution in [2.45, 2.75) is 0 Å². The second kappa shape index (κ2) is 6.51. The van der Waals surface area contributed by atoms with Gasteiger partial charge in [0.25, 0.3) is 0 Å². The molecule has 1 aromatic heterocycles. The molecule has 132 valence electrons. The molecule has 3 heterocycles. The van der Waals surface area contributed by atoms with Gasteiger partial charge in [0.1, 0.15) is 17.2 Å². The molecule has 0 bridgehead atoms. The van der Waals surface area contributed by atoms with E-state index in [4.69, 9.17) is 19.2 Å². The highest BCUT2D eigenvalue weighted by atomic mass is 16.5. The monoisotopic (exact) mass is 350 g/mol. The SMILES string of the molecule is C=COc1cccnc1C1=Nc2c(ccc(OC)c2OC)C2=NCCN21. The number of aliphatic imine (C=N–C) groups is 2. The molecule has 1 aromatic carbocycles. The Morgan fingerprint density at radius 3 is 2.77 bits per heavy atom. The average molecular weight is 350 g/mol. The minimum atomic E-state index is 0.568. The third-order valence-corrected chi connectivity index (χ3v) is 4.27. The summed E-state index contributed by atoms with van der Waals surface area (Å²) in [7, 11) is 3.20. The summed E-state index contributed by atoms with van der Waals surface area (Å²) in [6, 6.07) is 7.46. The van der Waals surface area contributed by atoms with E-state index in [0.717, 1.165) is 17.9 Å². The average Bonchev–Trinajstić information content (AvgIpc) is 3.17. The molecule has 0 fully saturated rings. The van der Waals surface area contributed by atoms with Crippen LogP contribution in [0, 0.1) is 0 Å². The fourth-order valence-corrected chi connectivity index (χ4v) is 3.18. The van der Waals surface area contributed by atoms with Crippen molar-refractivity contribution in [3.8, 4) is 17.2 Å². The van der Waals surface area contributed by atoms with Gasteiger partial charge in [0.15, 0.2) is 23.1 Å². The van der Waals surface area contributed by atoms with Gasteiger partial charge in [-0.15, -0.1) is 0 Å². The van der Waals surface area contributed by atoms with E-state index in [9.17, 15) is 0 Å². The van der Waals surface area contributed by atoms with Crippen LogP contribution in [0.2, 0.25) is 0 Å². The molecule has 0 radical (unpaired) electrons. The zero-order valence-corrected chi connectivity index (χ0v) is 14.6. The molecule has 2 aliphatic heterocycles. The van der Waals surface area contributed by atoms with Gasteiger partial charge in [-0.1, -0.05) is 6.58 Å². The fraction of sp³-hybridized carbons (Fsp3) is 0.211. The largest absolute Gasteiger partial charge is 0.493 e. The summed E-state index contributed by atoms with van der Waals surface area (Å²) in [5.74, 6) is 3.28. The van der Waals surface area contributed by atoms with Gasteiger partial charge >= 0.3 is 0 Å². The molecule has 2 aliphatic rings. The minimum absolute atomic E-state index is 0.568. The predicted molar refractivity (Wildman–Crippen MR) is 98.9 cm³/mol. The Labute approximate surface area is 151 Å².